The maximum Gasteiger partial charge on any atom is 0.267 e. The van der Waals surface area contributed by atoms with Gasteiger partial charge in [-0.1, -0.05) is 12.1 Å². The molecule has 0 saturated carbocycles. The van der Waals surface area contributed by atoms with Gasteiger partial charge >= 0.3 is 0 Å². The molecule has 2 aromatic heterocycles. The smallest absolute Gasteiger partial charge is 0.267 e. The van der Waals surface area contributed by atoms with E-state index in [2.05, 4.69) is 38.1 Å². The van der Waals surface area contributed by atoms with E-state index in [0.717, 1.165) is 13.8 Å². The lowest BCUT2D eigenvalue weighted by Crippen LogP contribution is -2.33. The molecule has 122 valence electrons. The third-order valence-electron chi connectivity index (χ3n) is 3.29. The minimum absolute atomic E-state index is 0.141. The fourth-order valence-corrected chi connectivity index (χ4v) is 2.43. The molecule has 1 N–H and O–H groups in total. The van der Waals surface area contributed by atoms with Crippen LogP contribution in [0.25, 0.3) is 5.82 Å². The minimum atomic E-state index is -0.338. The molecule has 0 atom stereocenters. The van der Waals surface area contributed by atoms with Gasteiger partial charge < -0.3 is 5.32 Å². The Morgan fingerprint density at radius 1 is 1.17 bits per heavy atom. The maximum absolute atomic E-state index is 12.1. The molecule has 0 aliphatic rings. The first-order chi connectivity index (χ1) is 11.6. The molecule has 0 bridgehead atoms. The lowest BCUT2D eigenvalue weighted by molar-refractivity contribution is -0.122. The number of hydrogen-bond acceptors (Lipinski definition) is 4. The second kappa shape index (κ2) is 7.39. The van der Waals surface area contributed by atoms with E-state index in [1.807, 2.05) is 24.3 Å². The monoisotopic (exact) mass is 435 g/mol. The first-order valence-corrected chi connectivity index (χ1v) is 8.29. The van der Waals surface area contributed by atoms with Crippen LogP contribution in [0.4, 0.5) is 0 Å². The molecule has 0 spiro atoms. The number of hydrogen-bond donors (Lipinski definition) is 1. The molecule has 3 rings (SSSR count). The normalized spacial score (nSPS) is 10.5. The van der Waals surface area contributed by atoms with Gasteiger partial charge in [0.15, 0.2) is 5.82 Å². The molecule has 0 unspecified atom stereocenters. The highest BCUT2D eigenvalue weighted by Gasteiger charge is 2.08. The van der Waals surface area contributed by atoms with Gasteiger partial charge in [-0.3, -0.25) is 9.59 Å². The van der Waals surface area contributed by atoms with E-state index in [4.69, 9.17) is 0 Å². The highest BCUT2D eigenvalue weighted by Crippen LogP contribution is 2.06. The number of carbonyl (C=O) groups is 1. The molecule has 3 aromatic rings. The average Bonchev–Trinajstić information content (AvgIpc) is 3.11. The molecule has 0 aliphatic carbocycles. The van der Waals surface area contributed by atoms with E-state index >= 15 is 0 Å². The molecular formula is C16H14IN5O2. The number of benzene rings is 1. The van der Waals surface area contributed by atoms with Gasteiger partial charge in [-0.05, 0) is 52.4 Å². The summed E-state index contributed by atoms with van der Waals surface area (Å²) in [7, 11) is 0. The summed E-state index contributed by atoms with van der Waals surface area (Å²) in [5, 5.41) is 11.0. The van der Waals surface area contributed by atoms with E-state index in [0.29, 0.717) is 12.4 Å². The van der Waals surface area contributed by atoms with E-state index in [1.165, 1.54) is 10.7 Å². The first-order valence-electron chi connectivity index (χ1n) is 7.21. The van der Waals surface area contributed by atoms with Crippen molar-refractivity contribution in [3.05, 3.63) is 74.3 Å². The lowest BCUT2D eigenvalue weighted by Gasteiger charge is -2.08. The molecular weight excluding hydrogens is 421 g/mol. The van der Waals surface area contributed by atoms with Crippen molar-refractivity contribution in [3.8, 4) is 5.82 Å². The summed E-state index contributed by atoms with van der Waals surface area (Å²) in [6.45, 7) is 0.266. The molecule has 0 radical (unpaired) electrons. The zero-order valence-electron chi connectivity index (χ0n) is 12.6. The first kappa shape index (κ1) is 16.4. The van der Waals surface area contributed by atoms with Gasteiger partial charge in [0.2, 0.25) is 5.91 Å². The highest BCUT2D eigenvalue weighted by atomic mass is 127. The fourth-order valence-electron chi connectivity index (χ4n) is 2.07. The van der Waals surface area contributed by atoms with Gasteiger partial charge in [-0.25, -0.2) is 9.36 Å². The van der Waals surface area contributed by atoms with Gasteiger partial charge in [0.05, 0.1) is 0 Å². The predicted molar refractivity (Wildman–Crippen MR) is 96.6 cm³/mol. The van der Waals surface area contributed by atoms with Crippen molar-refractivity contribution >= 4 is 28.5 Å². The van der Waals surface area contributed by atoms with Crippen molar-refractivity contribution in [3.63, 3.8) is 0 Å². The Morgan fingerprint density at radius 2 is 1.96 bits per heavy atom. The number of amides is 1. The van der Waals surface area contributed by atoms with E-state index in [1.54, 1.807) is 24.5 Å². The molecule has 2 heterocycles. The number of nitrogens with zero attached hydrogens (tertiary/aromatic N) is 4. The second-order valence-electron chi connectivity index (χ2n) is 5.04. The standard InChI is InChI=1S/C16H14IN5O2/c17-13-4-2-12(3-5-13)10-18-15(23)11-22-16(24)7-6-14(20-22)21-9-1-8-19-21/h1-9H,10-11H2,(H,18,23). The maximum atomic E-state index is 12.1. The van der Waals surface area contributed by atoms with Crippen LogP contribution in [0.15, 0.2) is 59.7 Å². The van der Waals surface area contributed by atoms with E-state index in [-0.39, 0.29) is 18.0 Å². The number of halogens is 1. The summed E-state index contributed by atoms with van der Waals surface area (Å²) < 4.78 is 3.79. The summed E-state index contributed by atoms with van der Waals surface area (Å²) in [5.41, 5.74) is 0.657. The number of carbonyl (C=O) groups excluding carboxylic acids is 1. The molecule has 0 saturated heterocycles. The van der Waals surface area contributed by atoms with E-state index < -0.39 is 0 Å². The number of nitrogens with one attached hydrogen (secondary N) is 1. The van der Waals surface area contributed by atoms with Crippen LogP contribution < -0.4 is 10.9 Å². The summed E-state index contributed by atoms with van der Waals surface area (Å²) in [4.78, 5) is 23.9. The molecule has 1 amide bonds. The third-order valence-corrected chi connectivity index (χ3v) is 4.01. The highest BCUT2D eigenvalue weighted by molar-refractivity contribution is 14.1. The fraction of sp³-hybridized carbons (Fsp3) is 0.125. The molecule has 7 nitrogen and oxygen atoms in total. The minimum Gasteiger partial charge on any atom is -0.350 e. The third kappa shape index (κ3) is 4.07. The Bertz CT molecular complexity index is 888. The van der Waals surface area contributed by atoms with Crippen LogP contribution in [-0.2, 0) is 17.9 Å². The number of rotatable bonds is 5. The van der Waals surface area contributed by atoms with Gasteiger partial charge in [-0.2, -0.15) is 5.10 Å². The topological polar surface area (TPSA) is 81.8 Å². The Kier molecular flexibility index (Phi) is 5.04. The molecule has 24 heavy (non-hydrogen) atoms. The van der Waals surface area contributed by atoms with Crippen molar-refractivity contribution < 1.29 is 4.79 Å². The molecule has 0 fully saturated rings. The van der Waals surface area contributed by atoms with Crippen LogP contribution in [0.5, 0.6) is 0 Å². The van der Waals surface area contributed by atoms with Gasteiger partial charge in [0.1, 0.15) is 6.54 Å². The van der Waals surface area contributed by atoms with E-state index in [9.17, 15) is 9.59 Å². The number of aromatic nitrogens is 4. The van der Waals surface area contributed by atoms with Gasteiger partial charge in [0.25, 0.3) is 5.56 Å². The lowest BCUT2D eigenvalue weighted by atomic mass is 10.2. The van der Waals surface area contributed by atoms with Crippen molar-refractivity contribution in [1.82, 2.24) is 24.9 Å². The van der Waals surface area contributed by atoms with Crippen LogP contribution in [-0.4, -0.2) is 25.5 Å². The summed E-state index contributed by atoms with van der Waals surface area (Å²) in [6, 6.07) is 12.5. The van der Waals surface area contributed by atoms with Gasteiger partial charge in [-0.15, -0.1) is 5.10 Å². The second-order valence-corrected chi connectivity index (χ2v) is 6.29. The Labute approximate surface area is 151 Å². The Morgan fingerprint density at radius 3 is 2.67 bits per heavy atom. The van der Waals surface area contributed by atoms with Crippen molar-refractivity contribution in [2.24, 2.45) is 0 Å². The SMILES string of the molecule is O=C(Cn1nc(-n2cccn2)ccc1=O)NCc1ccc(I)cc1. The van der Waals surface area contributed by atoms with Crippen LogP contribution in [0.1, 0.15) is 5.56 Å². The van der Waals surface area contributed by atoms with Crippen molar-refractivity contribution in [2.45, 2.75) is 13.1 Å². The summed E-state index contributed by atoms with van der Waals surface area (Å²) in [6.07, 6.45) is 3.33. The zero-order chi connectivity index (χ0) is 16.9. The zero-order valence-corrected chi connectivity index (χ0v) is 14.8. The average molecular weight is 435 g/mol. The van der Waals surface area contributed by atoms with Crippen molar-refractivity contribution in [1.29, 1.82) is 0 Å². The summed E-state index contributed by atoms with van der Waals surface area (Å²) >= 11 is 2.22. The van der Waals surface area contributed by atoms with Crippen LogP contribution in [0.3, 0.4) is 0 Å². The quantitative estimate of drug-likeness (QED) is 0.614. The van der Waals surface area contributed by atoms with Gasteiger partial charge in [0, 0.05) is 28.6 Å². The Hall–Kier alpha value is -2.49. The molecule has 8 heteroatoms. The van der Waals surface area contributed by atoms with Crippen molar-refractivity contribution in [2.75, 3.05) is 0 Å². The summed E-state index contributed by atoms with van der Waals surface area (Å²) in [5.74, 6) is 0.200. The largest absolute Gasteiger partial charge is 0.350 e. The van der Waals surface area contributed by atoms with Crippen LogP contribution in [0.2, 0.25) is 0 Å². The van der Waals surface area contributed by atoms with Crippen LogP contribution in [0, 0.1) is 3.57 Å². The van der Waals surface area contributed by atoms with Crippen LogP contribution >= 0.6 is 22.6 Å². The molecule has 0 aliphatic heterocycles. The molecule has 1 aromatic carbocycles. The Balaban J connectivity index is 1.66. The predicted octanol–water partition coefficient (Wildman–Crippen LogP) is 1.35.